The zero-order valence-electron chi connectivity index (χ0n) is 11.2. The third-order valence-corrected chi connectivity index (χ3v) is 3.34. The van der Waals surface area contributed by atoms with Crippen molar-refractivity contribution in [1.82, 2.24) is 15.0 Å². The Balaban J connectivity index is 2.27. The van der Waals surface area contributed by atoms with E-state index >= 15 is 0 Å². The van der Waals surface area contributed by atoms with E-state index in [1.165, 1.54) is 0 Å². The minimum atomic E-state index is -0.507. The van der Waals surface area contributed by atoms with Crippen molar-refractivity contribution in [2.45, 2.75) is 20.1 Å². The summed E-state index contributed by atoms with van der Waals surface area (Å²) in [6, 6.07) is 5.56. The second-order valence-electron chi connectivity index (χ2n) is 3.93. The molecule has 0 fully saturated rings. The zero-order valence-corrected chi connectivity index (χ0v) is 13.6. The molecule has 0 amide bonds. The normalized spacial score (nSPS) is 11.2. The van der Waals surface area contributed by atoms with Gasteiger partial charge in [-0.15, -0.1) is 5.10 Å². The van der Waals surface area contributed by atoms with Crippen molar-refractivity contribution in [3.05, 3.63) is 39.6 Å². The Morgan fingerprint density at radius 3 is 2.60 bits per heavy atom. The molecule has 0 aliphatic heterocycles. The van der Waals surface area contributed by atoms with Crippen molar-refractivity contribution in [3.8, 4) is 5.69 Å². The third-order valence-electron chi connectivity index (χ3n) is 2.55. The number of nitrogens with zero attached hydrogens (tertiary/aromatic N) is 3. The second kappa shape index (κ2) is 7.17. The van der Waals surface area contributed by atoms with E-state index in [4.69, 9.17) is 21.1 Å². The largest absolute Gasteiger partial charge is 0.347 e. The first-order valence-corrected chi connectivity index (χ1v) is 7.43. The summed E-state index contributed by atoms with van der Waals surface area (Å²) in [5.41, 5.74) is 1.37. The van der Waals surface area contributed by atoms with Gasteiger partial charge < -0.3 is 9.47 Å². The summed E-state index contributed by atoms with van der Waals surface area (Å²) in [7, 11) is 0. The number of hydrogen-bond acceptors (Lipinski definition) is 4. The van der Waals surface area contributed by atoms with Gasteiger partial charge in [-0.05, 0) is 32.0 Å². The predicted octanol–water partition coefficient (Wildman–Crippen LogP) is 3.75. The molecule has 1 aromatic carbocycles. The molecule has 5 nitrogen and oxygen atoms in total. The molecule has 0 aliphatic rings. The lowest BCUT2D eigenvalue weighted by Gasteiger charge is -2.13. The maximum Gasteiger partial charge on any atom is 0.204 e. The van der Waals surface area contributed by atoms with Crippen molar-refractivity contribution in [2.24, 2.45) is 0 Å². The molecule has 0 aliphatic carbocycles. The molecule has 0 radical (unpaired) electrons. The molecule has 0 N–H and O–H groups in total. The molecule has 0 atom stereocenters. The van der Waals surface area contributed by atoms with Gasteiger partial charge in [-0.1, -0.05) is 32.7 Å². The lowest BCUT2D eigenvalue weighted by molar-refractivity contribution is -0.142. The van der Waals surface area contributed by atoms with E-state index in [0.29, 0.717) is 23.9 Å². The lowest BCUT2D eigenvalue weighted by atomic mass is 10.3. The lowest BCUT2D eigenvalue weighted by Crippen LogP contribution is -2.09. The standard InChI is InChI=1S/C13H15BrClN3O2/c1-3-19-13(20-4-2)11-8-18(17-16-11)12-6-5-9(14)7-10(12)15/h5-8,13H,3-4H2,1-2H3. The van der Waals surface area contributed by atoms with E-state index in [0.717, 1.165) is 10.2 Å². The van der Waals surface area contributed by atoms with E-state index in [1.54, 1.807) is 16.9 Å². The van der Waals surface area contributed by atoms with Crippen molar-refractivity contribution < 1.29 is 9.47 Å². The van der Waals surface area contributed by atoms with E-state index < -0.39 is 6.29 Å². The molecule has 1 heterocycles. The Morgan fingerprint density at radius 2 is 2.00 bits per heavy atom. The first-order valence-electron chi connectivity index (χ1n) is 6.26. The molecule has 1 aromatic heterocycles. The highest BCUT2D eigenvalue weighted by molar-refractivity contribution is 9.10. The van der Waals surface area contributed by atoms with Crippen LogP contribution in [-0.4, -0.2) is 28.2 Å². The van der Waals surface area contributed by atoms with E-state index in [1.807, 2.05) is 26.0 Å². The van der Waals surface area contributed by atoms with Crippen LogP contribution >= 0.6 is 27.5 Å². The summed E-state index contributed by atoms with van der Waals surface area (Å²) < 4.78 is 13.5. The molecule has 2 rings (SSSR count). The molecule has 0 saturated carbocycles. The molecular weight excluding hydrogens is 346 g/mol. The Hall–Kier alpha value is -0.950. The molecule has 0 unspecified atom stereocenters. The monoisotopic (exact) mass is 359 g/mol. The zero-order chi connectivity index (χ0) is 14.5. The van der Waals surface area contributed by atoms with Gasteiger partial charge in [0.2, 0.25) is 6.29 Å². The van der Waals surface area contributed by atoms with E-state index in [2.05, 4.69) is 26.2 Å². The summed E-state index contributed by atoms with van der Waals surface area (Å²) >= 11 is 9.56. The summed E-state index contributed by atoms with van der Waals surface area (Å²) in [5, 5.41) is 8.74. The number of hydrogen-bond donors (Lipinski definition) is 0. The third kappa shape index (κ3) is 3.58. The van der Waals surface area contributed by atoms with Crippen molar-refractivity contribution in [2.75, 3.05) is 13.2 Å². The van der Waals surface area contributed by atoms with Gasteiger partial charge in [0.1, 0.15) is 5.69 Å². The fraction of sp³-hybridized carbons (Fsp3) is 0.385. The Kier molecular flexibility index (Phi) is 5.54. The van der Waals surface area contributed by atoms with Gasteiger partial charge in [0.15, 0.2) is 0 Å². The van der Waals surface area contributed by atoms with Crippen molar-refractivity contribution >= 4 is 27.5 Å². The van der Waals surface area contributed by atoms with Gasteiger partial charge in [0.05, 0.1) is 16.9 Å². The molecule has 7 heteroatoms. The smallest absolute Gasteiger partial charge is 0.204 e. The highest BCUT2D eigenvalue weighted by Gasteiger charge is 2.16. The second-order valence-corrected chi connectivity index (χ2v) is 5.25. The van der Waals surface area contributed by atoms with Crippen LogP contribution in [0.4, 0.5) is 0 Å². The molecule has 20 heavy (non-hydrogen) atoms. The number of rotatable bonds is 6. The fourth-order valence-electron chi connectivity index (χ4n) is 1.69. The summed E-state index contributed by atoms with van der Waals surface area (Å²) in [6.45, 7) is 4.89. The maximum absolute atomic E-state index is 6.19. The molecule has 0 spiro atoms. The van der Waals surface area contributed by atoms with Crippen LogP contribution in [0.3, 0.4) is 0 Å². The van der Waals surface area contributed by atoms with Crippen LogP contribution in [0.15, 0.2) is 28.9 Å². The van der Waals surface area contributed by atoms with Crippen molar-refractivity contribution in [1.29, 1.82) is 0 Å². The van der Waals surface area contributed by atoms with Crippen LogP contribution in [0.5, 0.6) is 0 Å². The van der Waals surface area contributed by atoms with Gasteiger partial charge in [0.25, 0.3) is 0 Å². The van der Waals surface area contributed by atoms with Gasteiger partial charge in [-0.25, -0.2) is 4.68 Å². The summed E-state index contributed by atoms with van der Waals surface area (Å²) in [6.07, 6.45) is 1.25. The topological polar surface area (TPSA) is 49.2 Å². The first kappa shape index (κ1) is 15.4. The van der Waals surface area contributed by atoms with Crippen molar-refractivity contribution in [3.63, 3.8) is 0 Å². The number of aromatic nitrogens is 3. The molecule has 108 valence electrons. The summed E-state index contributed by atoms with van der Waals surface area (Å²) in [4.78, 5) is 0. The number of benzene rings is 1. The summed E-state index contributed by atoms with van der Waals surface area (Å²) in [5.74, 6) is 0. The predicted molar refractivity (Wildman–Crippen MR) is 80.1 cm³/mol. The number of ether oxygens (including phenoxy) is 2. The van der Waals surface area contributed by atoms with Crippen LogP contribution in [0, 0.1) is 0 Å². The fourth-order valence-corrected chi connectivity index (χ4v) is 2.45. The van der Waals surface area contributed by atoms with Crippen LogP contribution in [0.25, 0.3) is 5.69 Å². The Bertz CT molecular complexity index is 570. The minimum absolute atomic E-state index is 0.507. The van der Waals surface area contributed by atoms with Crippen LogP contribution in [0.2, 0.25) is 5.02 Å². The Labute approximate surface area is 131 Å². The Morgan fingerprint density at radius 1 is 1.30 bits per heavy atom. The molecule has 0 bridgehead atoms. The average Bonchev–Trinajstić information content (AvgIpc) is 2.88. The van der Waals surface area contributed by atoms with Crippen LogP contribution in [0.1, 0.15) is 25.8 Å². The van der Waals surface area contributed by atoms with Crippen LogP contribution in [-0.2, 0) is 9.47 Å². The average molecular weight is 361 g/mol. The SMILES string of the molecule is CCOC(OCC)c1cn(-c2ccc(Br)cc2Cl)nn1. The van der Waals surface area contributed by atoms with Gasteiger partial charge in [-0.3, -0.25) is 0 Å². The quantitative estimate of drug-likeness (QED) is 0.736. The minimum Gasteiger partial charge on any atom is -0.347 e. The first-order chi connectivity index (χ1) is 9.65. The maximum atomic E-state index is 6.19. The highest BCUT2D eigenvalue weighted by Crippen LogP contribution is 2.25. The van der Waals surface area contributed by atoms with Gasteiger partial charge in [-0.2, -0.15) is 0 Å². The van der Waals surface area contributed by atoms with E-state index in [-0.39, 0.29) is 0 Å². The van der Waals surface area contributed by atoms with E-state index in [9.17, 15) is 0 Å². The van der Waals surface area contributed by atoms with Gasteiger partial charge >= 0.3 is 0 Å². The highest BCUT2D eigenvalue weighted by atomic mass is 79.9. The molecular formula is C13H15BrClN3O2. The van der Waals surface area contributed by atoms with Gasteiger partial charge in [0, 0.05) is 17.7 Å². The number of halogens is 2. The molecule has 2 aromatic rings. The molecule has 0 saturated heterocycles. The van der Waals surface area contributed by atoms with Crippen LogP contribution < -0.4 is 0 Å².